The normalized spacial score (nSPS) is 21.0. The average Bonchev–Trinajstić information content (AvgIpc) is 3.05. The van der Waals surface area contributed by atoms with Crippen LogP contribution in [0.5, 0.6) is 5.75 Å². The number of carbonyl (C=O) groups is 1. The molecule has 3 nitrogen and oxygen atoms in total. The molecule has 0 heterocycles. The van der Waals surface area contributed by atoms with E-state index in [0.29, 0.717) is 6.61 Å². The van der Waals surface area contributed by atoms with Gasteiger partial charge in [0.2, 0.25) is 0 Å². The monoisotopic (exact) mass is 458 g/mol. The zero-order valence-corrected chi connectivity index (χ0v) is 17.5. The Morgan fingerprint density at radius 1 is 1.33 bits per heavy atom. The Balaban J connectivity index is 1.88. The number of benzene rings is 1. The number of allylic oxidation sites excluding steroid dienone is 1. The summed E-state index contributed by atoms with van der Waals surface area (Å²) in [6, 6.07) is 7.75. The molecule has 1 aliphatic rings. The van der Waals surface area contributed by atoms with Gasteiger partial charge in [-0.05, 0) is 67.3 Å². The zero-order valence-electron chi connectivity index (χ0n) is 14.4. The van der Waals surface area contributed by atoms with Crippen molar-refractivity contribution >= 4 is 37.8 Å². The number of unbranched alkanes of at least 4 members (excludes halogenated alkanes) is 1. The summed E-state index contributed by atoms with van der Waals surface area (Å²) < 4.78 is 12.1. The molecule has 2 rings (SSSR count). The minimum Gasteiger partial charge on any atom is -0.494 e. The van der Waals surface area contributed by atoms with Gasteiger partial charge in [0.05, 0.1) is 15.9 Å². The first-order valence-corrected chi connectivity index (χ1v) is 9.86. The van der Waals surface area contributed by atoms with Crippen LogP contribution in [0.1, 0.15) is 39.2 Å². The molecule has 0 saturated heterocycles. The van der Waals surface area contributed by atoms with Crippen LogP contribution in [-0.2, 0) is 16.1 Å². The van der Waals surface area contributed by atoms with E-state index in [0.717, 1.165) is 27.5 Å². The second-order valence-corrected chi connectivity index (χ2v) is 9.51. The highest BCUT2D eigenvalue weighted by Crippen LogP contribution is 2.60. The minimum atomic E-state index is -0.139. The van der Waals surface area contributed by atoms with Crippen LogP contribution in [0.15, 0.2) is 33.7 Å². The summed E-state index contributed by atoms with van der Waals surface area (Å²) >= 11 is 6.73. The fourth-order valence-corrected chi connectivity index (χ4v) is 3.45. The quantitative estimate of drug-likeness (QED) is 0.363. The first-order chi connectivity index (χ1) is 11.4. The van der Waals surface area contributed by atoms with Crippen LogP contribution in [0, 0.1) is 17.3 Å². The van der Waals surface area contributed by atoms with Gasteiger partial charge in [-0.3, -0.25) is 4.79 Å². The Labute approximate surface area is 161 Å². The second kappa shape index (κ2) is 8.52. The number of ether oxygens (including phenoxy) is 2. The number of rotatable bonds is 8. The third kappa shape index (κ3) is 5.09. The Morgan fingerprint density at radius 3 is 2.75 bits per heavy atom. The molecule has 1 aliphatic carbocycles. The molecule has 0 bridgehead atoms. The molecule has 24 heavy (non-hydrogen) atoms. The van der Waals surface area contributed by atoms with E-state index in [4.69, 9.17) is 9.47 Å². The lowest BCUT2D eigenvalue weighted by Gasteiger charge is -2.09. The van der Waals surface area contributed by atoms with Gasteiger partial charge >= 0.3 is 5.97 Å². The number of carbonyl (C=O) groups excluding carboxylic acids is 1. The molecule has 5 heteroatoms. The molecular weight excluding hydrogens is 436 g/mol. The fourth-order valence-electron chi connectivity index (χ4n) is 2.88. The molecule has 1 aromatic carbocycles. The van der Waals surface area contributed by atoms with Crippen molar-refractivity contribution < 1.29 is 14.3 Å². The van der Waals surface area contributed by atoms with E-state index in [2.05, 4.69) is 52.6 Å². The summed E-state index contributed by atoms with van der Waals surface area (Å²) in [7, 11) is 0. The molecule has 0 unspecified atom stereocenters. The lowest BCUT2D eigenvalue weighted by atomic mass is 10.1. The van der Waals surface area contributed by atoms with E-state index in [1.54, 1.807) is 0 Å². The van der Waals surface area contributed by atoms with Crippen molar-refractivity contribution in [2.75, 3.05) is 6.61 Å². The van der Waals surface area contributed by atoms with E-state index in [-0.39, 0.29) is 29.8 Å². The van der Waals surface area contributed by atoms with Crippen LogP contribution in [-0.4, -0.2) is 12.6 Å². The largest absolute Gasteiger partial charge is 0.494 e. The summed E-state index contributed by atoms with van der Waals surface area (Å²) in [6.07, 6.45) is 4.16. The summed E-state index contributed by atoms with van der Waals surface area (Å²) in [6.45, 7) is 7.30. The summed E-state index contributed by atoms with van der Waals surface area (Å²) in [4.78, 5) is 12.4. The number of halogens is 2. The van der Waals surface area contributed by atoms with Crippen molar-refractivity contribution in [2.24, 2.45) is 17.3 Å². The van der Waals surface area contributed by atoms with Gasteiger partial charge in [-0.2, -0.15) is 0 Å². The van der Waals surface area contributed by atoms with Crippen molar-refractivity contribution in [3.63, 3.8) is 0 Å². The summed E-state index contributed by atoms with van der Waals surface area (Å²) in [5, 5.41) is 0. The van der Waals surface area contributed by atoms with Crippen LogP contribution >= 0.6 is 31.9 Å². The Bertz CT molecular complexity index is 606. The maximum atomic E-state index is 12.4. The highest BCUT2D eigenvalue weighted by atomic mass is 79.9. The predicted molar refractivity (Wildman–Crippen MR) is 103 cm³/mol. The highest BCUT2D eigenvalue weighted by molar-refractivity contribution is 9.28. The van der Waals surface area contributed by atoms with Gasteiger partial charge in [0.1, 0.15) is 12.4 Å². The van der Waals surface area contributed by atoms with Gasteiger partial charge in [0.25, 0.3) is 0 Å². The molecule has 1 aromatic rings. The molecular formula is C19H24Br2O3. The second-order valence-electron chi connectivity index (χ2n) is 6.74. The van der Waals surface area contributed by atoms with Crippen molar-refractivity contribution in [3.05, 3.63) is 39.3 Å². The van der Waals surface area contributed by atoms with Gasteiger partial charge in [0, 0.05) is 0 Å². The SMILES string of the molecule is CCCCOc1cccc(COC(=O)[C@@H]2[C@H](C=C(Br)Br)C2(C)C)c1. The first-order valence-electron chi connectivity index (χ1n) is 8.27. The Kier molecular flexibility index (Phi) is 6.93. The summed E-state index contributed by atoms with van der Waals surface area (Å²) in [5.41, 5.74) is 0.888. The fraction of sp³-hybridized carbons (Fsp3) is 0.526. The predicted octanol–water partition coefficient (Wildman–Crippen LogP) is 5.81. The maximum Gasteiger partial charge on any atom is 0.310 e. The summed E-state index contributed by atoms with van der Waals surface area (Å²) in [5.74, 6) is 0.793. The van der Waals surface area contributed by atoms with Gasteiger partial charge in [-0.15, -0.1) is 0 Å². The molecule has 0 aromatic heterocycles. The van der Waals surface area contributed by atoms with Crippen molar-refractivity contribution in [2.45, 2.75) is 40.2 Å². The van der Waals surface area contributed by atoms with Crippen LogP contribution < -0.4 is 4.74 Å². The minimum absolute atomic E-state index is 0.0605. The van der Waals surface area contributed by atoms with Crippen LogP contribution in [0.25, 0.3) is 0 Å². The van der Waals surface area contributed by atoms with Gasteiger partial charge in [-0.25, -0.2) is 0 Å². The third-order valence-electron chi connectivity index (χ3n) is 4.52. The van der Waals surface area contributed by atoms with Crippen LogP contribution in [0.2, 0.25) is 0 Å². The van der Waals surface area contributed by atoms with E-state index in [1.165, 1.54) is 0 Å². The number of hydrogen-bond donors (Lipinski definition) is 0. The van der Waals surface area contributed by atoms with Crippen LogP contribution in [0.4, 0.5) is 0 Å². The highest BCUT2D eigenvalue weighted by Gasteiger charge is 2.61. The van der Waals surface area contributed by atoms with Crippen LogP contribution in [0.3, 0.4) is 0 Å². The van der Waals surface area contributed by atoms with Gasteiger partial charge in [-0.1, -0.05) is 45.4 Å². The van der Waals surface area contributed by atoms with E-state index < -0.39 is 0 Å². The molecule has 0 radical (unpaired) electrons. The standard InChI is InChI=1S/C19H24Br2O3/c1-4-5-9-23-14-8-6-7-13(10-14)12-24-18(22)17-15(11-16(20)21)19(17,2)3/h6-8,10-11,15,17H,4-5,9,12H2,1-3H3/t15-,17-/m0/s1. The molecule has 132 valence electrons. The topological polar surface area (TPSA) is 35.5 Å². The van der Waals surface area contributed by atoms with Crippen molar-refractivity contribution in [1.82, 2.24) is 0 Å². The Morgan fingerprint density at radius 2 is 2.08 bits per heavy atom. The molecule has 2 atom stereocenters. The number of hydrogen-bond acceptors (Lipinski definition) is 3. The van der Waals surface area contributed by atoms with E-state index in [9.17, 15) is 4.79 Å². The molecule has 0 aliphatic heterocycles. The van der Waals surface area contributed by atoms with Crippen molar-refractivity contribution in [1.29, 1.82) is 0 Å². The lowest BCUT2D eigenvalue weighted by Crippen LogP contribution is -2.10. The third-order valence-corrected chi connectivity index (χ3v) is 5.04. The average molecular weight is 460 g/mol. The van der Waals surface area contributed by atoms with Gasteiger partial charge < -0.3 is 9.47 Å². The molecule has 0 amide bonds. The van der Waals surface area contributed by atoms with E-state index in [1.807, 2.05) is 30.3 Å². The molecule has 0 N–H and O–H groups in total. The molecule has 1 saturated carbocycles. The first kappa shape index (κ1) is 19.5. The Hall–Kier alpha value is -0.810. The van der Waals surface area contributed by atoms with Crippen molar-refractivity contribution in [3.8, 4) is 5.75 Å². The molecule has 0 spiro atoms. The lowest BCUT2D eigenvalue weighted by molar-refractivity contribution is -0.147. The van der Waals surface area contributed by atoms with Gasteiger partial charge in [0.15, 0.2) is 0 Å². The zero-order chi connectivity index (χ0) is 17.7. The van der Waals surface area contributed by atoms with E-state index >= 15 is 0 Å². The number of esters is 1. The smallest absolute Gasteiger partial charge is 0.310 e. The molecule has 1 fully saturated rings. The maximum absolute atomic E-state index is 12.4.